The van der Waals surface area contributed by atoms with Crippen LogP contribution >= 0.6 is 11.6 Å². The van der Waals surface area contributed by atoms with Gasteiger partial charge in [0.05, 0.1) is 16.2 Å². The number of carbonyl (C=O) groups is 1. The molecule has 0 saturated carbocycles. The fourth-order valence-electron chi connectivity index (χ4n) is 3.60. The Morgan fingerprint density at radius 2 is 1.94 bits per heavy atom. The van der Waals surface area contributed by atoms with E-state index in [9.17, 15) is 9.18 Å². The summed E-state index contributed by atoms with van der Waals surface area (Å²) in [4.78, 5) is 22.7. The first-order chi connectivity index (χ1) is 16.6. The quantitative estimate of drug-likeness (QED) is 0.262. The van der Waals surface area contributed by atoms with Crippen molar-refractivity contribution in [1.29, 1.82) is 0 Å². The van der Waals surface area contributed by atoms with E-state index in [0.29, 0.717) is 27.8 Å². The van der Waals surface area contributed by atoms with Crippen molar-refractivity contribution in [3.05, 3.63) is 101 Å². The number of fused-ring (bicyclic) bond motifs is 1. The number of nitrogens with zero attached hydrogens (tertiary/aromatic N) is 2. The molecule has 6 nitrogen and oxygen atoms in total. The van der Waals surface area contributed by atoms with Gasteiger partial charge in [-0.15, -0.1) is 0 Å². The van der Waals surface area contributed by atoms with Crippen LogP contribution in [0.5, 0.6) is 5.75 Å². The molecule has 2 N–H and O–H groups in total. The number of aldehydes is 1. The number of halogens is 2. The minimum absolute atomic E-state index is 0.203. The Morgan fingerprint density at radius 1 is 1.03 bits per heavy atom. The van der Waals surface area contributed by atoms with Gasteiger partial charge in [0.1, 0.15) is 30.3 Å². The molecule has 168 valence electrons. The highest BCUT2D eigenvalue weighted by Gasteiger charge is 2.10. The van der Waals surface area contributed by atoms with E-state index in [0.717, 1.165) is 34.0 Å². The molecule has 0 aliphatic carbocycles. The number of aromatic nitrogens is 3. The Labute approximate surface area is 199 Å². The van der Waals surface area contributed by atoms with Crippen LogP contribution in [0.4, 0.5) is 15.9 Å². The molecule has 2 heterocycles. The van der Waals surface area contributed by atoms with Crippen molar-refractivity contribution in [1.82, 2.24) is 15.0 Å². The molecule has 34 heavy (non-hydrogen) atoms. The number of hydrogen-bond acceptors (Lipinski definition) is 5. The smallest absolute Gasteiger partial charge is 0.166 e. The standard InChI is InChI=1S/C26H18ClFN4O2/c27-23-11-20(5-7-25(23)34-14-16-2-1-3-19(28)8-16)32-26-22-10-17(4-6-24(22)30-15-31-26)18-9-21(13-33)29-12-18/h1-13,15,29H,14H2,(H,30,31,32). The largest absolute Gasteiger partial charge is 0.487 e. The van der Waals surface area contributed by atoms with Crippen molar-refractivity contribution >= 4 is 40.3 Å². The van der Waals surface area contributed by atoms with Gasteiger partial charge >= 0.3 is 0 Å². The van der Waals surface area contributed by atoms with Crippen molar-refractivity contribution in [2.75, 3.05) is 5.32 Å². The van der Waals surface area contributed by atoms with Crippen molar-refractivity contribution < 1.29 is 13.9 Å². The van der Waals surface area contributed by atoms with Crippen LogP contribution < -0.4 is 10.1 Å². The number of anilines is 2. The number of H-pyrrole nitrogens is 1. The van der Waals surface area contributed by atoms with Gasteiger partial charge in [-0.05, 0) is 65.2 Å². The second-order valence-electron chi connectivity index (χ2n) is 7.60. The topological polar surface area (TPSA) is 79.9 Å². The highest BCUT2D eigenvalue weighted by molar-refractivity contribution is 6.32. The molecule has 2 aromatic heterocycles. The number of benzene rings is 3. The molecule has 0 spiro atoms. The summed E-state index contributed by atoms with van der Waals surface area (Å²) in [6.07, 6.45) is 4.04. The molecule has 0 radical (unpaired) electrons. The minimum Gasteiger partial charge on any atom is -0.487 e. The lowest BCUT2D eigenvalue weighted by Gasteiger charge is -2.12. The SMILES string of the molecule is O=Cc1cc(-c2ccc3ncnc(Nc4ccc(OCc5cccc(F)c5)c(Cl)c4)c3c2)c[nH]1. The zero-order chi connectivity index (χ0) is 23.5. The van der Waals surface area contributed by atoms with E-state index < -0.39 is 0 Å². The molecule has 0 amide bonds. The van der Waals surface area contributed by atoms with Crippen LogP contribution in [0.15, 0.2) is 79.3 Å². The Kier molecular flexibility index (Phi) is 5.93. The summed E-state index contributed by atoms with van der Waals surface area (Å²) in [5.74, 6) is 0.792. The number of hydrogen-bond donors (Lipinski definition) is 2. The molecule has 3 aromatic carbocycles. The van der Waals surface area contributed by atoms with Gasteiger partial charge in [-0.2, -0.15) is 0 Å². The van der Waals surface area contributed by atoms with Crippen molar-refractivity contribution in [2.45, 2.75) is 6.61 Å². The summed E-state index contributed by atoms with van der Waals surface area (Å²) in [6, 6.07) is 19.1. The van der Waals surface area contributed by atoms with Crippen LogP contribution in [-0.4, -0.2) is 21.2 Å². The lowest BCUT2D eigenvalue weighted by Crippen LogP contribution is -1.98. The molecule has 0 fully saturated rings. The van der Waals surface area contributed by atoms with E-state index in [1.807, 2.05) is 24.3 Å². The van der Waals surface area contributed by atoms with Gasteiger partial charge in [-0.3, -0.25) is 4.79 Å². The Hall–Kier alpha value is -4.23. The summed E-state index contributed by atoms with van der Waals surface area (Å²) >= 11 is 6.43. The summed E-state index contributed by atoms with van der Waals surface area (Å²) in [5, 5.41) is 4.51. The normalized spacial score (nSPS) is 10.9. The first-order valence-electron chi connectivity index (χ1n) is 10.4. The predicted molar refractivity (Wildman–Crippen MR) is 130 cm³/mol. The van der Waals surface area contributed by atoms with Gasteiger partial charge < -0.3 is 15.0 Å². The molecule has 0 saturated heterocycles. The molecule has 0 aliphatic rings. The molecule has 0 atom stereocenters. The fourth-order valence-corrected chi connectivity index (χ4v) is 3.84. The zero-order valence-corrected chi connectivity index (χ0v) is 18.5. The van der Waals surface area contributed by atoms with Crippen LogP contribution in [-0.2, 0) is 6.61 Å². The number of rotatable bonds is 7. The van der Waals surface area contributed by atoms with E-state index in [4.69, 9.17) is 16.3 Å². The van der Waals surface area contributed by atoms with E-state index >= 15 is 0 Å². The Morgan fingerprint density at radius 3 is 2.74 bits per heavy atom. The van der Waals surface area contributed by atoms with Gasteiger partial charge in [0.15, 0.2) is 6.29 Å². The minimum atomic E-state index is -0.312. The predicted octanol–water partition coefficient (Wildman–Crippen LogP) is 6.55. The van der Waals surface area contributed by atoms with Crippen LogP contribution in [0.1, 0.15) is 16.1 Å². The maximum atomic E-state index is 13.4. The second kappa shape index (κ2) is 9.33. The Bertz CT molecular complexity index is 1500. The van der Waals surface area contributed by atoms with Gasteiger partial charge in [0, 0.05) is 17.3 Å². The van der Waals surface area contributed by atoms with Gasteiger partial charge in [-0.1, -0.05) is 29.8 Å². The lowest BCUT2D eigenvalue weighted by atomic mass is 10.1. The highest BCUT2D eigenvalue weighted by Crippen LogP contribution is 2.32. The molecule has 5 rings (SSSR count). The van der Waals surface area contributed by atoms with Gasteiger partial charge in [0.25, 0.3) is 0 Å². The number of ether oxygens (including phenoxy) is 1. The fraction of sp³-hybridized carbons (Fsp3) is 0.0385. The summed E-state index contributed by atoms with van der Waals surface area (Å²) in [7, 11) is 0. The average Bonchev–Trinajstić information content (AvgIpc) is 3.33. The molecular weight excluding hydrogens is 455 g/mol. The lowest BCUT2D eigenvalue weighted by molar-refractivity contribution is 0.111. The van der Waals surface area contributed by atoms with Crippen LogP contribution in [0, 0.1) is 5.82 Å². The van der Waals surface area contributed by atoms with Crippen molar-refractivity contribution in [3.8, 4) is 16.9 Å². The zero-order valence-electron chi connectivity index (χ0n) is 17.8. The monoisotopic (exact) mass is 472 g/mol. The van der Waals surface area contributed by atoms with E-state index in [1.165, 1.54) is 18.5 Å². The first kappa shape index (κ1) is 21.6. The van der Waals surface area contributed by atoms with Crippen molar-refractivity contribution in [2.24, 2.45) is 0 Å². The third-order valence-electron chi connectivity index (χ3n) is 5.28. The van der Waals surface area contributed by atoms with E-state index in [-0.39, 0.29) is 12.4 Å². The highest BCUT2D eigenvalue weighted by atomic mass is 35.5. The maximum absolute atomic E-state index is 13.4. The van der Waals surface area contributed by atoms with Crippen LogP contribution in [0.3, 0.4) is 0 Å². The second-order valence-corrected chi connectivity index (χ2v) is 8.01. The molecule has 5 aromatic rings. The summed E-state index contributed by atoms with van der Waals surface area (Å²) in [6.45, 7) is 0.203. The average molecular weight is 473 g/mol. The van der Waals surface area contributed by atoms with Gasteiger partial charge in [-0.25, -0.2) is 14.4 Å². The number of aromatic amines is 1. The van der Waals surface area contributed by atoms with Crippen molar-refractivity contribution in [3.63, 3.8) is 0 Å². The third kappa shape index (κ3) is 4.60. The van der Waals surface area contributed by atoms with E-state index in [2.05, 4.69) is 20.3 Å². The number of nitrogens with one attached hydrogen (secondary N) is 2. The van der Waals surface area contributed by atoms with E-state index in [1.54, 1.807) is 36.5 Å². The Balaban J connectivity index is 1.38. The molecule has 0 bridgehead atoms. The summed E-state index contributed by atoms with van der Waals surface area (Å²) in [5.41, 5.74) is 4.53. The summed E-state index contributed by atoms with van der Waals surface area (Å²) < 4.78 is 19.1. The molecule has 8 heteroatoms. The molecule has 0 aliphatic heterocycles. The maximum Gasteiger partial charge on any atom is 0.166 e. The third-order valence-corrected chi connectivity index (χ3v) is 5.57. The molecular formula is C26H18ClFN4O2. The molecule has 0 unspecified atom stereocenters. The van der Waals surface area contributed by atoms with Crippen LogP contribution in [0.25, 0.3) is 22.0 Å². The number of carbonyl (C=O) groups excluding carboxylic acids is 1. The van der Waals surface area contributed by atoms with Crippen LogP contribution in [0.2, 0.25) is 5.02 Å². The van der Waals surface area contributed by atoms with Gasteiger partial charge in [0.2, 0.25) is 0 Å². The first-order valence-corrected chi connectivity index (χ1v) is 10.8.